The van der Waals surface area contributed by atoms with Gasteiger partial charge in [-0.25, -0.2) is 9.66 Å². The van der Waals surface area contributed by atoms with Crippen LogP contribution < -0.4 is 11.5 Å². The van der Waals surface area contributed by atoms with Gasteiger partial charge in [0.05, 0.1) is 11.9 Å². The van der Waals surface area contributed by atoms with E-state index in [-0.39, 0.29) is 30.6 Å². The van der Waals surface area contributed by atoms with Crippen LogP contribution in [0.2, 0.25) is 0 Å². The fourth-order valence-electron chi connectivity index (χ4n) is 2.43. The number of rotatable bonds is 2. The quantitative estimate of drug-likeness (QED) is 0.332. The Morgan fingerprint density at radius 3 is 2.68 bits per heavy atom. The van der Waals surface area contributed by atoms with E-state index < -0.39 is 0 Å². The van der Waals surface area contributed by atoms with Gasteiger partial charge in [0.15, 0.2) is 5.84 Å². The number of fused-ring (bicyclic) bond motifs is 1. The minimum atomic E-state index is 0. The van der Waals surface area contributed by atoms with Crippen LogP contribution in [0.3, 0.4) is 0 Å². The van der Waals surface area contributed by atoms with Gasteiger partial charge in [0, 0.05) is 17.3 Å². The number of oxime groups is 1. The predicted molar refractivity (Wildman–Crippen MR) is 90.3 cm³/mol. The van der Waals surface area contributed by atoms with Gasteiger partial charge in [-0.2, -0.15) is 5.10 Å². The van der Waals surface area contributed by atoms with Gasteiger partial charge in [-0.3, -0.25) is 0 Å². The first-order valence-electron chi connectivity index (χ1n) is 6.17. The molecule has 0 fully saturated rings. The van der Waals surface area contributed by atoms with E-state index in [2.05, 4.69) is 15.2 Å². The van der Waals surface area contributed by atoms with Crippen molar-refractivity contribution in [1.29, 1.82) is 0 Å². The van der Waals surface area contributed by atoms with E-state index in [0.717, 1.165) is 35.2 Å². The minimum absolute atomic E-state index is 0. The highest BCUT2D eigenvalue weighted by atomic mass is 35.5. The molecular weight excluding hydrogens is 327 g/mol. The second-order valence-electron chi connectivity index (χ2n) is 4.49. The molecule has 0 spiro atoms. The first kappa shape index (κ1) is 17.8. The summed E-state index contributed by atoms with van der Waals surface area (Å²) < 4.78 is 1.54. The lowest BCUT2D eigenvalue weighted by molar-refractivity contribution is 0.318. The molecule has 1 heterocycles. The van der Waals surface area contributed by atoms with Crippen LogP contribution in [-0.4, -0.2) is 26.4 Å². The normalized spacial score (nSPS) is 15.1. The average Bonchev–Trinajstić information content (AvgIpc) is 3.06. The molecule has 1 aliphatic rings. The Morgan fingerprint density at radius 1 is 1.27 bits per heavy atom. The number of hydrogen-bond donors (Lipinski definition) is 3. The predicted octanol–water partition coefficient (Wildman–Crippen LogP) is 1.60. The molecule has 0 atom stereocenters. The molecular formula is C13H16Cl2N6O. The second-order valence-corrected chi connectivity index (χ2v) is 4.49. The Bertz CT molecular complexity index is 725. The van der Waals surface area contributed by atoms with Crippen LogP contribution in [-0.2, 0) is 6.42 Å². The van der Waals surface area contributed by atoms with E-state index in [1.165, 1.54) is 0 Å². The number of nitrogens with two attached hydrogens (primary N) is 2. The monoisotopic (exact) mass is 342 g/mol. The second kappa shape index (κ2) is 7.15. The maximum absolute atomic E-state index is 8.83. The number of benzene rings is 1. The topological polar surface area (TPSA) is 115 Å². The zero-order valence-corrected chi connectivity index (χ0v) is 13.1. The standard InChI is InChI=1S/C13H14N6O.2ClH/c14-12(18-20)10-3-1-2-9-8(10)4-5-11(9)17-19-7-6-16-13(19)15;;/h1-3,6-7,20H,4-5H2,(H2,14,18)(H2,15,16);2*1H/b17-11+;;. The van der Waals surface area contributed by atoms with Crippen LogP contribution in [0, 0.1) is 0 Å². The first-order chi connectivity index (χ1) is 9.70. The lowest BCUT2D eigenvalue weighted by Gasteiger charge is -2.06. The van der Waals surface area contributed by atoms with E-state index in [0.29, 0.717) is 5.95 Å². The Labute approximate surface area is 139 Å². The van der Waals surface area contributed by atoms with E-state index in [9.17, 15) is 0 Å². The number of nitrogen functional groups attached to an aromatic ring is 1. The molecule has 3 rings (SSSR count). The molecule has 0 amide bonds. The number of imidazole rings is 1. The molecule has 0 bridgehead atoms. The van der Waals surface area contributed by atoms with Gasteiger partial charge in [0.2, 0.25) is 5.95 Å². The van der Waals surface area contributed by atoms with Crippen molar-refractivity contribution in [3.05, 3.63) is 47.3 Å². The van der Waals surface area contributed by atoms with Crippen molar-refractivity contribution >= 4 is 42.3 Å². The molecule has 1 aromatic carbocycles. The van der Waals surface area contributed by atoms with Crippen molar-refractivity contribution in [2.75, 3.05) is 5.73 Å². The summed E-state index contributed by atoms with van der Waals surface area (Å²) in [6.07, 6.45) is 4.88. The molecule has 7 nitrogen and oxygen atoms in total. The Balaban J connectivity index is 0.00000121. The summed E-state index contributed by atoms with van der Waals surface area (Å²) in [6, 6.07) is 5.68. The van der Waals surface area contributed by atoms with Crippen LogP contribution in [0.15, 0.2) is 40.8 Å². The van der Waals surface area contributed by atoms with E-state index in [1.807, 2.05) is 18.2 Å². The molecule has 1 aromatic heterocycles. The van der Waals surface area contributed by atoms with Gasteiger partial charge in [-0.05, 0) is 18.4 Å². The third-order valence-electron chi connectivity index (χ3n) is 3.36. The number of nitrogens with zero attached hydrogens (tertiary/aromatic N) is 4. The number of anilines is 1. The largest absolute Gasteiger partial charge is 0.409 e. The van der Waals surface area contributed by atoms with Crippen molar-refractivity contribution in [3.8, 4) is 0 Å². The Hall–Kier alpha value is -2.25. The third-order valence-corrected chi connectivity index (χ3v) is 3.36. The average molecular weight is 343 g/mol. The summed E-state index contributed by atoms with van der Waals surface area (Å²) in [5.74, 6) is 0.462. The summed E-state index contributed by atoms with van der Waals surface area (Å²) in [7, 11) is 0. The van der Waals surface area contributed by atoms with E-state index in [4.69, 9.17) is 16.7 Å². The zero-order chi connectivity index (χ0) is 14.1. The molecule has 22 heavy (non-hydrogen) atoms. The van der Waals surface area contributed by atoms with Gasteiger partial charge in [-0.1, -0.05) is 23.4 Å². The molecule has 118 valence electrons. The maximum Gasteiger partial charge on any atom is 0.221 e. The van der Waals surface area contributed by atoms with E-state index >= 15 is 0 Å². The van der Waals surface area contributed by atoms with Crippen LogP contribution >= 0.6 is 24.8 Å². The molecule has 0 aliphatic heterocycles. The molecule has 0 saturated heterocycles. The van der Waals surface area contributed by atoms with Gasteiger partial charge in [0.25, 0.3) is 0 Å². The third kappa shape index (κ3) is 3.00. The van der Waals surface area contributed by atoms with Crippen LogP contribution in [0.25, 0.3) is 0 Å². The lowest BCUT2D eigenvalue weighted by atomic mass is 10.0. The van der Waals surface area contributed by atoms with Gasteiger partial charge in [-0.15, -0.1) is 24.8 Å². The highest BCUT2D eigenvalue weighted by Crippen LogP contribution is 2.26. The SMILES string of the molecule is Cl.Cl.N/C(=N/O)c1cccc2c1CC/C2=N\n1ccnc1N. The van der Waals surface area contributed by atoms with Crippen molar-refractivity contribution < 1.29 is 5.21 Å². The van der Waals surface area contributed by atoms with Crippen molar-refractivity contribution in [1.82, 2.24) is 9.66 Å². The number of hydrogen-bond acceptors (Lipinski definition) is 5. The summed E-state index contributed by atoms with van der Waals surface area (Å²) in [4.78, 5) is 3.94. The summed E-state index contributed by atoms with van der Waals surface area (Å²) in [6.45, 7) is 0. The fourth-order valence-corrected chi connectivity index (χ4v) is 2.43. The first-order valence-corrected chi connectivity index (χ1v) is 6.17. The Morgan fingerprint density at radius 2 is 2.05 bits per heavy atom. The minimum Gasteiger partial charge on any atom is -0.409 e. The lowest BCUT2D eigenvalue weighted by Crippen LogP contribution is -2.15. The van der Waals surface area contributed by atoms with Crippen molar-refractivity contribution in [2.24, 2.45) is 16.0 Å². The molecule has 2 aromatic rings. The molecule has 0 radical (unpaired) electrons. The smallest absolute Gasteiger partial charge is 0.221 e. The zero-order valence-electron chi connectivity index (χ0n) is 11.5. The highest BCUT2D eigenvalue weighted by Gasteiger charge is 2.22. The van der Waals surface area contributed by atoms with Crippen molar-refractivity contribution in [3.63, 3.8) is 0 Å². The number of halogens is 2. The number of amidine groups is 1. The highest BCUT2D eigenvalue weighted by molar-refractivity contribution is 6.08. The molecule has 0 unspecified atom stereocenters. The molecule has 0 saturated carbocycles. The maximum atomic E-state index is 8.83. The van der Waals surface area contributed by atoms with Gasteiger partial charge >= 0.3 is 0 Å². The summed E-state index contributed by atoms with van der Waals surface area (Å²) in [5.41, 5.74) is 15.1. The summed E-state index contributed by atoms with van der Waals surface area (Å²) in [5, 5.41) is 16.4. The molecule has 1 aliphatic carbocycles. The van der Waals surface area contributed by atoms with E-state index in [1.54, 1.807) is 17.1 Å². The van der Waals surface area contributed by atoms with Gasteiger partial charge in [0.1, 0.15) is 0 Å². The molecule has 5 N–H and O–H groups in total. The number of aromatic nitrogens is 2. The molecule has 9 heteroatoms. The summed E-state index contributed by atoms with van der Waals surface area (Å²) >= 11 is 0. The fraction of sp³-hybridized carbons (Fsp3) is 0.154. The van der Waals surface area contributed by atoms with Crippen LogP contribution in [0.1, 0.15) is 23.1 Å². The van der Waals surface area contributed by atoms with Crippen LogP contribution in [0.4, 0.5) is 5.95 Å². The van der Waals surface area contributed by atoms with Gasteiger partial charge < -0.3 is 16.7 Å². The Kier molecular flexibility index (Phi) is 5.78. The van der Waals surface area contributed by atoms with Crippen LogP contribution in [0.5, 0.6) is 0 Å². The van der Waals surface area contributed by atoms with Crippen molar-refractivity contribution in [2.45, 2.75) is 12.8 Å².